The molecule has 1 aromatic carbocycles. The Kier molecular flexibility index (Phi) is 2.74. The third-order valence-corrected chi connectivity index (χ3v) is 3.82. The fourth-order valence-electron chi connectivity index (χ4n) is 2.90. The van der Waals surface area contributed by atoms with Crippen LogP contribution < -0.4 is 4.74 Å². The molecule has 1 atom stereocenters. The van der Waals surface area contributed by atoms with Gasteiger partial charge in [0.2, 0.25) is 5.91 Å². The maximum atomic E-state index is 11.9. The number of hydrogen-bond acceptors (Lipinski definition) is 3. The Labute approximate surface area is 106 Å². The standard InChI is InChI=1S/C14H17NO3/c1-17-12-5-3-11(4-6-12)14-8-7-13(16)15(14)9-2-10-18-14/h3-6H,2,7-10H2,1H3/t14-/m1/s1. The molecule has 0 spiro atoms. The Hall–Kier alpha value is -1.55. The number of benzene rings is 1. The van der Waals surface area contributed by atoms with Crippen LogP contribution in [0.25, 0.3) is 0 Å². The molecule has 4 nitrogen and oxygen atoms in total. The van der Waals surface area contributed by atoms with E-state index >= 15 is 0 Å². The van der Waals surface area contributed by atoms with E-state index in [0.29, 0.717) is 6.42 Å². The summed E-state index contributed by atoms with van der Waals surface area (Å²) in [5.41, 5.74) is 0.524. The predicted molar refractivity (Wildman–Crippen MR) is 66.2 cm³/mol. The van der Waals surface area contributed by atoms with Gasteiger partial charge in [-0.25, -0.2) is 0 Å². The van der Waals surface area contributed by atoms with Crippen molar-refractivity contribution in [2.24, 2.45) is 0 Å². The molecule has 2 aliphatic heterocycles. The molecule has 4 heteroatoms. The summed E-state index contributed by atoms with van der Waals surface area (Å²) in [4.78, 5) is 13.8. The first kappa shape index (κ1) is 11.5. The monoisotopic (exact) mass is 247 g/mol. The van der Waals surface area contributed by atoms with Crippen LogP contribution in [0.4, 0.5) is 0 Å². The van der Waals surface area contributed by atoms with Crippen LogP contribution in [-0.4, -0.2) is 31.1 Å². The van der Waals surface area contributed by atoms with E-state index in [1.54, 1.807) is 7.11 Å². The van der Waals surface area contributed by atoms with Gasteiger partial charge in [0.05, 0.1) is 13.7 Å². The summed E-state index contributed by atoms with van der Waals surface area (Å²) in [5, 5.41) is 0. The highest BCUT2D eigenvalue weighted by Gasteiger charge is 2.49. The first-order valence-electron chi connectivity index (χ1n) is 6.35. The van der Waals surface area contributed by atoms with Crippen molar-refractivity contribution in [3.05, 3.63) is 29.8 Å². The van der Waals surface area contributed by atoms with Gasteiger partial charge in [-0.05, 0) is 18.6 Å². The van der Waals surface area contributed by atoms with Crippen molar-refractivity contribution in [1.82, 2.24) is 4.90 Å². The molecule has 0 N–H and O–H groups in total. The lowest BCUT2D eigenvalue weighted by Gasteiger charge is -2.42. The second-order valence-corrected chi connectivity index (χ2v) is 4.76. The topological polar surface area (TPSA) is 38.8 Å². The molecule has 0 saturated carbocycles. The summed E-state index contributed by atoms with van der Waals surface area (Å²) in [5.74, 6) is 1.02. The highest BCUT2D eigenvalue weighted by Crippen LogP contribution is 2.43. The van der Waals surface area contributed by atoms with E-state index in [1.165, 1.54) is 0 Å². The lowest BCUT2D eigenvalue weighted by Crippen LogP contribution is -2.49. The fraction of sp³-hybridized carbons (Fsp3) is 0.500. The van der Waals surface area contributed by atoms with Crippen molar-refractivity contribution >= 4 is 5.91 Å². The molecule has 0 radical (unpaired) electrons. The summed E-state index contributed by atoms with van der Waals surface area (Å²) in [6.45, 7) is 1.51. The van der Waals surface area contributed by atoms with Crippen LogP contribution >= 0.6 is 0 Å². The zero-order chi connectivity index (χ0) is 12.6. The number of ether oxygens (including phenoxy) is 2. The number of carbonyl (C=O) groups excluding carboxylic acids is 1. The molecule has 18 heavy (non-hydrogen) atoms. The van der Waals surface area contributed by atoms with E-state index in [0.717, 1.165) is 37.3 Å². The first-order valence-corrected chi connectivity index (χ1v) is 6.35. The molecular formula is C14H17NO3. The molecule has 2 fully saturated rings. The second-order valence-electron chi connectivity index (χ2n) is 4.76. The SMILES string of the molecule is COc1ccc([C@]23CCC(=O)N2CCCO3)cc1. The number of fused-ring (bicyclic) bond motifs is 1. The normalized spacial score (nSPS) is 27.2. The Balaban J connectivity index is 1.98. The molecule has 0 bridgehead atoms. The van der Waals surface area contributed by atoms with Gasteiger partial charge in [-0.2, -0.15) is 0 Å². The van der Waals surface area contributed by atoms with Crippen molar-refractivity contribution < 1.29 is 14.3 Å². The summed E-state index contributed by atoms with van der Waals surface area (Å²) < 4.78 is 11.1. The van der Waals surface area contributed by atoms with Gasteiger partial charge in [0.1, 0.15) is 5.75 Å². The Morgan fingerprint density at radius 2 is 2.11 bits per heavy atom. The Bertz CT molecular complexity index is 457. The minimum absolute atomic E-state index is 0.200. The number of amides is 1. The minimum atomic E-state index is -0.526. The van der Waals surface area contributed by atoms with Gasteiger partial charge in [-0.15, -0.1) is 0 Å². The number of hydrogen-bond donors (Lipinski definition) is 0. The zero-order valence-corrected chi connectivity index (χ0v) is 10.5. The van der Waals surface area contributed by atoms with Crippen LogP contribution in [0.2, 0.25) is 0 Å². The number of rotatable bonds is 2. The zero-order valence-electron chi connectivity index (χ0n) is 10.5. The molecule has 0 aliphatic carbocycles. The molecule has 96 valence electrons. The Morgan fingerprint density at radius 1 is 1.33 bits per heavy atom. The highest BCUT2D eigenvalue weighted by atomic mass is 16.5. The number of methoxy groups -OCH3 is 1. The smallest absolute Gasteiger partial charge is 0.225 e. The van der Waals surface area contributed by atoms with Gasteiger partial charge >= 0.3 is 0 Å². The van der Waals surface area contributed by atoms with Crippen LogP contribution in [-0.2, 0) is 15.3 Å². The second kappa shape index (κ2) is 4.28. The third-order valence-electron chi connectivity index (χ3n) is 3.82. The van der Waals surface area contributed by atoms with Crippen molar-refractivity contribution in [3.63, 3.8) is 0 Å². The quantitative estimate of drug-likeness (QED) is 0.801. The van der Waals surface area contributed by atoms with Gasteiger partial charge in [0, 0.05) is 24.9 Å². The summed E-state index contributed by atoms with van der Waals surface area (Å²) >= 11 is 0. The number of carbonyl (C=O) groups is 1. The molecular weight excluding hydrogens is 230 g/mol. The summed E-state index contributed by atoms with van der Waals surface area (Å²) in [6, 6.07) is 7.83. The molecule has 2 aliphatic rings. The van der Waals surface area contributed by atoms with Crippen LogP contribution in [0.1, 0.15) is 24.8 Å². The molecule has 2 heterocycles. The average Bonchev–Trinajstić information content (AvgIpc) is 2.78. The largest absolute Gasteiger partial charge is 0.497 e. The van der Waals surface area contributed by atoms with Gasteiger partial charge in [0.25, 0.3) is 0 Å². The van der Waals surface area contributed by atoms with Crippen molar-refractivity contribution in [2.75, 3.05) is 20.3 Å². The van der Waals surface area contributed by atoms with Crippen LogP contribution in [0, 0.1) is 0 Å². The van der Waals surface area contributed by atoms with Gasteiger partial charge in [0.15, 0.2) is 5.72 Å². The molecule has 1 amide bonds. The third kappa shape index (κ3) is 1.60. The van der Waals surface area contributed by atoms with Gasteiger partial charge in [-0.1, -0.05) is 12.1 Å². The van der Waals surface area contributed by atoms with Gasteiger partial charge in [-0.3, -0.25) is 4.79 Å². The van der Waals surface area contributed by atoms with Crippen molar-refractivity contribution in [3.8, 4) is 5.75 Å². The molecule has 0 aromatic heterocycles. The van der Waals surface area contributed by atoms with Crippen molar-refractivity contribution in [2.45, 2.75) is 25.0 Å². The van der Waals surface area contributed by atoms with E-state index in [1.807, 2.05) is 29.2 Å². The average molecular weight is 247 g/mol. The van der Waals surface area contributed by atoms with Crippen LogP contribution in [0.15, 0.2) is 24.3 Å². The lowest BCUT2D eigenvalue weighted by atomic mass is 9.98. The molecule has 1 aromatic rings. The molecule has 3 rings (SSSR count). The van der Waals surface area contributed by atoms with Crippen molar-refractivity contribution in [1.29, 1.82) is 0 Å². The first-order chi connectivity index (χ1) is 8.76. The van der Waals surface area contributed by atoms with E-state index in [2.05, 4.69) is 0 Å². The van der Waals surface area contributed by atoms with Gasteiger partial charge < -0.3 is 14.4 Å². The molecule has 2 saturated heterocycles. The van der Waals surface area contributed by atoms with E-state index in [-0.39, 0.29) is 5.91 Å². The van der Waals surface area contributed by atoms with E-state index in [9.17, 15) is 4.79 Å². The van der Waals surface area contributed by atoms with Crippen LogP contribution in [0.3, 0.4) is 0 Å². The maximum Gasteiger partial charge on any atom is 0.225 e. The fourth-order valence-corrected chi connectivity index (χ4v) is 2.90. The lowest BCUT2D eigenvalue weighted by molar-refractivity contribution is -0.183. The maximum absolute atomic E-state index is 11.9. The minimum Gasteiger partial charge on any atom is -0.497 e. The summed E-state index contributed by atoms with van der Waals surface area (Å²) in [7, 11) is 1.65. The Morgan fingerprint density at radius 3 is 2.83 bits per heavy atom. The van der Waals surface area contributed by atoms with E-state index in [4.69, 9.17) is 9.47 Å². The highest BCUT2D eigenvalue weighted by molar-refractivity contribution is 5.79. The number of nitrogens with zero attached hydrogens (tertiary/aromatic N) is 1. The summed E-state index contributed by atoms with van der Waals surface area (Å²) in [6.07, 6.45) is 2.24. The van der Waals surface area contributed by atoms with Crippen LogP contribution in [0.5, 0.6) is 5.75 Å². The van der Waals surface area contributed by atoms with E-state index < -0.39 is 5.72 Å². The predicted octanol–water partition coefficient (Wildman–Crippen LogP) is 1.89. The molecule has 0 unspecified atom stereocenters.